The second-order valence-electron chi connectivity index (χ2n) is 4.36. The molecule has 2 aromatic heterocycles. The molecule has 2 heterocycles. The summed E-state index contributed by atoms with van der Waals surface area (Å²) in [4.78, 5) is 23.6. The van der Waals surface area contributed by atoms with Crippen LogP contribution >= 0.6 is 0 Å². The maximum Gasteiger partial charge on any atom is 0.254 e. The summed E-state index contributed by atoms with van der Waals surface area (Å²) in [7, 11) is 0. The van der Waals surface area contributed by atoms with Gasteiger partial charge in [0.15, 0.2) is 0 Å². The van der Waals surface area contributed by atoms with Crippen molar-refractivity contribution in [1.29, 1.82) is 0 Å². The quantitative estimate of drug-likeness (QED) is 0.753. The van der Waals surface area contributed by atoms with E-state index in [0.29, 0.717) is 5.56 Å². The summed E-state index contributed by atoms with van der Waals surface area (Å²) < 4.78 is 0. The molecule has 106 valence electrons. The van der Waals surface area contributed by atoms with E-state index in [1.54, 1.807) is 30.9 Å². The number of aromatic amines is 1. The van der Waals surface area contributed by atoms with Crippen LogP contribution in [0.5, 0.6) is 0 Å². The van der Waals surface area contributed by atoms with Crippen molar-refractivity contribution in [3.63, 3.8) is 0 Å². The predicted octanol–water partition coefficient (Wildman–Crippen LogP) is 2.12. The first-order valence-electron chi connectivity index (χ1n) is 6.74. The SMILES string of the molecule is CCNc1cnccc1C(=O)NC(CC)c1ncc[nH]1. The molecule has 0 saturated carbocycles. The van der Waals surface area contributed by atoms with Crippen molar-refractivity contribution in [2.75, 3.05) is 11.9 Å². The highest BCUT2D eigenvalue weighted by molar-refractivity contribution is 5.99. The summed E-state index contributed by atoms with van der Waals surface area (Å²) >= 11 is 0. The number of nitrogens with one attached hydrogen (secondary N) is 3. The number of hydrogen-bond donors (Lipinski definition) is 3. The molecule has 20 heavy (non-hydrogen) atoms. The molecule has 6 nitrogen and oxygen atoms in total. The monoisotopic (exact) mass is 273 g/mol. The van der Waals surface area contributed by atoms with E-state index in [-0.39, 0.29) is 11.9 Å². The van der Waals surface area contributed by atoms with Crippen molar-refractivity contribution in [1.82, 2.24) is 20.3 Å². The highest BCUT2D eigenvalue weighted by Crippen LogP contribution is 2.17. The van der Waals surface area contributed by atoms with Crippen molar-refractivity contribution < 1.29 is 4.79 Å². The van der Waals surface area contributed by atoms with E-state index in [0.717, 1.165) is 24.5 Å². The van der Waals surface area contributed by atoms with Crippen LogP contribution < -0.4 is 10.6 Å². The van der Waals surface area contributed by atoms with Crippen LogP contribution in [0.25, 0.3) is 0 Å². The number of rotatable bonds is 6. The van der Waals surface area contributed by atoms with Crippen LogP contribution in [-0.4, -0.2) is 27.4 Å². The van der Waals surface area contributed by atoms with Gasteiger partial charge in [-0.25, -0.2) is 4.98 Å². The third-order valence-corrected chi connectivity index (χ3v) is 3.00. The summed E-state index contributed by atoms with van der Waals surface area (Å²) in [5, 5.41) is 6.12. The number of nitrogens with zero attached hydrogens (tertiary/aromatic N) is 2. The zero-order chi connectivity index (χ0) is 14.4. The molecule has 0 radical (unpaired) electrons. The topological polar surface area (TPSA) is 82.7 Å². The molecule has 2 rings (SSSR count). The van der Waals surface area contributed by atoms with Gasteiger partial charge in [-0.05, 0) is 19.4 Å². The number of imidazole rings is 1. The summed E-state index contributed by atoms with van der Waals surface area (Å²) in [5.74, 6) is 0.631. The van der Waals surface area contributed by atoms with E-state index >= 15 is 0 Å². The number of amides is 1. The largest absolute Gasteiger partial charge is 0.383 e. The highest BCUT2D eigenvalue weighted by Gasteiger charge is 2.17. The molecule has 0 bridgehead atoms. The maximum absolute atomic E-state index is 12.4. The molecule has 2 aromatic rings. The maximum atomic E-state index is 12.4. The lowest BCUT2D eigenvalue weighted by molar-refractivity contribution is 0.0934. The average Bonchev–Trinajstić information content (AvgIpc) is 2.99. The minimum Gasteiger partial charge on any atom is -0.383 e. The van der Waals surface area contributed by atoms with Gasteiger partial charge in [-0.1, -0.05) is 6.92 Å². The lowest BCUT2D eigenvalue weighted by atomic mass is 10.1. The zero-order valence-corrected chi connectivity index (χ0v) is 11.7. The number of carbonyl (C=O) groups is 1. The van der Waals surface area contributed by atoms with Crippen LogP contribution in [0.1, 0.15) is 42.5 Å². The van der Waals surface area contributed by atoms with Gasteiger partial charge in [-0.15, -0.1) is 0 Å². The number of H-pyrrole nitrogens is 1. The van der Waals surface area contributed by atoms with Crippen molar-refractivity contribution in [3.05, 3.63) is 42.2 Å². The van der Waals surface area contributed by atoms with E-state index in [1.165, 1.54) is 0 Å². The normalized spacial score (nSPS) is 11.9. The van der Waals surface area contributed by atoms with E-state index in [4.69, 9.17) is 0 Å². The first kappa shape index (κ1) is 14.0. The van der Waals surface area contributed by atoms with E-state index in [1.807, 2.05) is 13.8 Å². The Balaban J connectivity index is 2.15. The van der Waals surface area contributed by atoms with Crippen LogP contribution in [-0.2, 0) is 0 Å². The molecule has 0 saturated heterocycles. The number of anilines is 1. The van der Waals surface area contributed by atoms with Crippen LogP contribution in [0.4, 0.5) is 5.69 Å². The smallest absolute Gasteiger partial charge is 0.254 e. The van der Waals surface area contributed by atoms with Gasteiger partial charge < -0.3 is 15.6 Å². The Morgan fingerprint density at radius 1 is 1.40 bits per heavy atom. The average molecular weight is 273 g/mol. The molecule has 0 fully saturated rings. The molecule has 1 amide bonds. The summed E-state index contributed by atoms with van der Waals surface area (Å²) in [6.45, 7) is 4.72. The molecular formula is C14H19N5O. The van der Waals surface area contributed by atoms with E-state index in [2.05, 4.69) is 25.6 Å². The first-order valence-corrected chi connectivity index (χ1v) is 6.74. The zero-order valence-electron chi connectivity index (χ0n) is 11.7. The van der Waals surface area contributed by atoms with Gasteiger partial charge in [0, 0.05) is 25.1 Å². The van der Waals surface area contributed by atoms with Gasteiger partial charge in [-0.3, -0.25) is 9.78 Å². The van der Waals surface area contributed by atoms with Crippen molar-refractivity contribution in [3.8, 4) is 0 Å². The Hall–Kier alpha value is -2.37. The molecule has 1 atom stereocenters. The molecule has 0 aliphatic heterocycles. The molecule has 0 aliphatic rings. The molecule has 0 spiro atoms. The Morgan fingerprint density at radius 3 is 2.90 bits per heavy atom. The second kappa shape index (κ2) is 6.70. The highest BCUT2D eigenvalue weighted by atomic mass is 16.1. The molecule has 3 N–H and O–H groups in total. The minimum absolute atomic E-state index is 0.125. The summed E-state index contributed by atoms with van der Waals surface area (Å²) in [6, 6.07) is 1.59. The van der Waals surface area contributed by atoms with Crippen molar-refractivity contribution in [2.45, 2.75) is 26.3 Å². The van der Waals surface area contributed by atoms with E-state index in [9.17, 15) is 4.79 Å². The fraction of sp³-hybridized carbons (Fsp3) is 0.357. The second-order valence-corrected chi connectivity index (χ2v) is 4.36. The van der Waals surface area contributed by atoms with Gasteiger partial charge in [0.2, 0.25) is 0 Å². The van der Waals surface area contributed by atoms with Crippen LogP contribution in [0.15, 0.2) is 30.9 Å². The van der Waals surface area contributed by atoms with Gasteiger partial charge in [0.05, 0.1) is 23.5 Å². The van der Waals surface area contributed by atoms with Gasteiger partial charge in [0.25, 0.3) is 5.91 Å². The molecule has 6 heteroatoms. The van der Waals surface area contributed by atoms with Gasteiger partial charge in [-0.2, -0.15) is 0 Å². The number of carbonyl (C=O) groups excluding carboxylic acids is 1. The predicted molar refractivity (Wildman–Crippen MR) is 77.5 cm³/mol. The summed E-state index contributed by atoms with van der Waals surface area (Å²) in [5.41, 5.74) is 1.33. The fourth-order valence-corrected chi connectivity index (χ4v) is 1.99. The van der Waals surface area contributed by atoms with Crippen molar-refractivity contribution >= 4 is 11.6 Å². The fourth-order valence-electron chi connectivity index (χ4n) is 1.99. The number of aromatic nitrogens is 3. The lowest BCUT2D eigenvalue weighted by Gasteiger charge is -2.16. The molecular weight excluding hydrogens is 254 g/mol. The van der Waals surface area contributed by atoms with Crippen LogP contribution in [0.3, 0.4) is 0 Å². The Morgan fingerprint density at radius 2 is 2.25 bits per heavy atom. The third-order valence-electron chi connectivity index (χ3n) is 3.00. The van der Waals surface area contributed by atoms with Crippen molar-refractivity contribution in [2.24, 2.45) is 0 Å². The summed E-state index contributed by atoms with van der Waals surface area (Å²) in [6.07, 6.45) is 7.47. The first-order chi connectivity index (χ1) is 9.76. The van der Waals surface area contributed by atoms with Crippen LogP contribution in [0, 0.1) is 0 Å². The van der Waals surface area contributed by atoms with Gasteiger partial charge >= 0.3 is 0 Å². The van der Waals surface area contributed by atoms with Crippen LogP contribution in [0.2, 0.25) is 0 Å². The Labute approximate surface area is 118 Å². The number of hydrogen-bond acceptors (Lipinski definition) is 4. The number of pyridine rings is 1. The molecule has 0 aliphatic carbocycles. The lowest BCUT2D eigenvalue weighted by Crippen LogP contribution is -2.29. The molecule has 0 aromatic carbocycles. The molecule has 1 unspecified atom stereocenters. The Kier molecular flexibility index (Phi) is 4.70. The Bertz CT molecular complexity index is 552. The van der Waals surface area contributed by atoms with Gasteiger partial charge in [0.1, 0.15) is 5.82 Å². The third kappa shape index (κ3) is 3.14. The minimum atomic E-state index is -0.133. The van der Waals surface area contributed by atoms with E-state index < -0.39 is 0 Å². The standard InChI is InChI=1S/C14H19N5O/c1-3-11(13-17-7-8-18-13)19-14(20)10-5-6-15-9-12(10)16-4-2/h5-9,11,16H,3-4H2,1-2H3,(H,17,18)(H,19,20).